The van der Waals surface area contributed by atoms with E-state index in [9.17, 15) is 9.59 Å². The predicted octanol–water partition coefficient (Wildman–Crippen LogP) is 2.08. The minimum Gasteiger partial charge on any atom is -0.454 e. The molecule has 1 aliphatic rings. The van der Waals surface area contributed by atoms with Crippen LogP contribution in [0, 0.1) is 0 Å². The third-order valence-electron chi connectivity index (χ3n) is 3.92. The van der Waals surface area contributed by atoms with Crippen molar-refractivity contribution in [1.29, 1.82) is 0 Å². The van der Waals surface area contributed by atoms with Crippen molar-refractivity contribution in [1.82, 2.24) is 10.2 Å². The van der Waals surface area contributed by atoms with Crippen LogP contribution in [0.15, 0.2) is 48.5 Å². The summed E-state index contributed by atoms with van der Waals surface area (Å²) < 4.78 is 10.6. The van der Waals surface area contributed by atoms with Crippen LogP contribution < -0.4 is 14.8 Å². The highest BCUT2D eigenvalue weighted by Gasteiger charge is 2.17. The van der Waals surface area contributed by atoms with Crippen molar-refractivity contribution in [3.8, 4) is 11.5 Å². The monoisotopic (exact) mass is 340 g/mol. The number of rotatable bonds is 6. The van der Waals surface area contributed by atoms with E-state index in [-0.39, 0.29) is 25.2 Å². The Morgan fingerprint density at radius 1 is 1.04 bits per heavy atom. The highest BCUT2D eigenvalue weighted by Crippen LogP contribution is 2.32. The van der Waals surface area contributed by atoms with Crippen molar-refractivity contribution in [2.24, 2.45) is 0 Å². The summed E-state index contributed by atoms with van der Waals surface area (Å²) in [6.07, 6.45) is 0. The molecule has 0 saturated carbocycles. The van der Waals surface area contributed by atoms with Gasteiger partial charge in [-0.25, -0.2) is 0 Å². The molecular weight excluding hydrogens is 320 g/mol. The van der Waals surface area contributed by atoms with E-state index < -0.39 is 0 Å². The van der Waals surface area contributed by atoms with Crippen LogP contribution in [-0.2, 0) is 22.7 Å². The van der Waals surface area contributed by atoms with Crippen molar-refractivity contribution in [2.45, 2.75) is 20.0 Å². The average Bonchev–Trinajstić information content (AvgIpc) is 3.08. The summed E-state index contributed by atoms with van der Waals surface area (Å²) in [6, 6.07) is 15.2. The second kappa shape index (κ2) is 7.70. The van der Waals surface area contributed by atoms with Crippen molar-refractivity contribution in [3.63, 3.8) is 0 Å². The van der Waals surface area contributed by atoms with Crippen LogP contribution in [0.3, 0.4) is 0 Å². The maximum atomic E-state index is 12.2. The first kappa shape index (κ1) is 16.8. The minimum atomic E-state index is -0.195. The van der Waals surface area contributed by atoms with Crippen molar-refractivity contribution < 1.29 is 19.1 Å². The maximum Gasteiger partial charge on any atom is 0.239 e. The Hall–Kier alpha value is -3.02. The molecule has 0 radical (unpaired) electrons. The quantitative estimate of drug-likeness (QED) is 0.874. The third-order valence-corrected chi connectivity index (χ3v) is 3.92. The number of amides is 2. The van der Waals surface area contributed by atoms with E-state index in [1.54, 1.807) is 0 Å². The Balaban J connectivity index is 1.57. The van der Waals surface area contributed by atoms with E-state index in [2.05, 4.69) is 5.32 Å². The summed E-state index contributed by atoms with van der Waals surface area (Å²) in [7, 11) is 0. The second-order valence-electron chi connectivity index (χ2n) is 5.83. The molecule has 0 atom stereocenters. The molecule has 1 aliphatic heterocycles. The zero-order valence-electron chi connectivity index (χ0n) is 14.0. The van der Waals surface area contributed by atoms with Crippen molar-refractivity contribution in [3.05, 3.63) is 59.7 Å². The number of carbonyl (C=O) groups is 2. The van der Waals surface area contributed by atoms with Crippen LogP contribution in [0.5, 0.6) is 11.5 Å². The molecule has 1 heterocycles. The lowest BCUT2D eigenvalue weighted by Gasteiger charge is -2.21. The molecule has 2 amide bonds. The molecule has 0 saturated heterocycles. The fourth-order valence-corrected chi connectivity index (χ4v) is 2.56. The molecule has 6 heteroatoms. The first-order valence-corrected chi connectivity index (χ1v) is 8.06. The van der Waals surface area contributed by atoms with Gasteiger partial charge in [-0.15, -0.1) is 0 Å². The summed E-state index contributed by atoms with van der Waals surface area (Å²) in [5.74, 6) is 1.00. The summed E-state index contributed by atoms with van der Waals surface area (Å²) in [5, 5.41) is 2.83. The van der Waals surface area contributed by atoms with Gasteiger partial charge in [0, 0.05) is 20.0 Å². The molecule has 0 fully saturated rings. The maximum absolute atomic E-state index is 12.2. The molecule has 130 valence electrons. The lowest BCUT2D eigenvalue weighted by atomic mass is 10.2. The molecule has 0 aliphatic carbocycles. The van der Waals surface area contributed by atoms with Crippen LogP contribution in [0.25, 0.3) is 0 Å². The number of nitrogens with one attached hydrogen (secondary N) is 1. The standard InChI is InChI=1S/C19H20N2O4/c1-14(22)21(11-16-7-8-17-18(9-16)25-13-24-17)12-19(23)20-10-15-5-3-2-4-6-15/h2-9H,10-13H2,1H3,(H,20,23). The van der Waals surface area contributed by atoms with E-state index in [1.165, 1.54) is 11.8 Å². The van der Waals surface area contributed by atoms with Gasteiger partial charge < -0.3 is 19.7 Å². The Labute approximate surface area is 146 Å². The lowest BCUT2D eigenvalue weighted by molar-refractivity contribution is -0.135. The van der Waals surface area contributed by atoms with E-state index >= 15 is 0 Å². The van der Waals surface area contributed by atoms with Crippen molar-refractivity contribution in [2.75, 3.05) is 13.3 Å². The van der Waals surface area contributed by atoms with Gasteiger partial charge >= 0.3 is 0 Å². The molecule has 3 rings (SSSR count). The Morgan fingerprint density at radius 2 is 1.80 bits per heavy atom. The topological polar surface area (TPSA) is 67.9 Å². The number of ether oxygens (including phenoxy) is 2. The van der Waals surface area contributed by atoms with Gasteiger partial charge in [-0.3, -0.25) is 9.59 Å². The predicted molar refractivity (Wildman–Crippen MR) is 91.9 cm³/mol. The zero-order valence-corrected chi connectivity index (χ0v) is 14.0. The molecule has 6 nitrogen and oxygen atoms in total. The smallest absolute Gasteiger partial charge is 0.239 e. The molecule has 25 heavy (non-hydrogen) atoms. The van der Waals surface area contributed by atoms with E-state index in [1.807, 2.05) is 48.5 Å². The number of hydrogen-bond acceptors (Lipinski definition) is 4. The Kier molecular flexibility index (Phi) is 5.18. The second-order valence-corrected chi connectivity index (χ2v) is 5.83. The largest absolute Gasteiger partial charge is 0.454 e. The Morgan fingerprint density at radius 3 is 2.56 bits per heavy atom. The van der Waals surface area contributed by atoms with Crippen LogP contribution >= 0.6 is 0 Å². The van der Waals surface area contributed by atoms with Gasteiger partial charge in [0.2, 0.25) is 18.6 Å². The molecule has 1 N–H and O–H groups in total. The molecule has 0 aromatic heterocycles. The fourth-order valence-electron chi connectivity index (χ4n) is 2.56. The summed E-state index contributed by atoms with van der Waals surface area (Å²) in [4.78, 5) is 25.5. The van der Waals surface area contributed by atoms with Gasteiger partial charge in [0.25, 0.3) is 0 Å². The molecular formula is C19H20N2O4. The SMILES string of the molecule is CC(=O)N(CC(=O)NCc1ccccc1)Cc1ccc2c(c1)OCO2. The molecule has 2 aromatic rings. The minimum absolute atomic E-state index is 0.0105. The number of hydrogen-bond donors (Lipinski definition) is 1. The van der Waals surface area contributed by atoms with Crippen molar-refractivity contribution >= 4 is 11.8 Å². The molecule has 0 unspecified atom stereocenters. The highest BCUT2D eigenvalue weighted by molar-refractivity contribution is 5.83. The Bertz CT molecular complexity index is 761. The fraction of sp³-hybridized carbons (Fsp3) is 0.263. The number of carbonyl (C=O) groups excluding carboxylic acids is 2. The third kappa shape index (κ3) is 4.50. The van der Waals surface area contributed by atoms with Gasteiger partial charge in [0.1, 0.15) is 0 Å². The summed E-state index contributed by atoms with van der Waals surface area (Å²) >= 11 is 0. The average molecular weight is 340 g/mol. The summed E-state index contributed by atoms with van der Waals surface area (Å²) in [6.45, 7) is 2.45. The number of fused-ring (bicyclic) bond motifs is 1. The van der Waals surface area contributed by atoms with Gasteiger partial charge in [0.15, 0.2) is 11.5 Å². The van der Waals surface area contributed by atoms with Crippen LogP contribution in [0.4, 0.5) is 0 Å². The van der Waals surface area contributed by atoms with Crippen LogP contribution in [0.1, 0.15) is 18.1 Å². The molecule has 0 spiro atoms. The number of benzene rings is 2. The molecule has 2 aromatic carbocycles. The highest BCUT2D eigenvalue weighted by atomic mass is 16.7. The molecule has 0 bridgehead atoms. The van der Waals surface area contributed by atoms with Crippen LogP contribution in [-0.4, -0.2) is 30.1 Å². The summed E-state index contributed by atoms with van der Waals surface area (Å²) in [5.41, 5.74) is 1.90. The zero-order chi connectivity index (χ0) is 17.6. The normalized spacial score (nSPS) is 11.9. The van der Waals surface area contributed by atoms with E-state index in [0.717, 1.165) is 11.1 Å². The van der Waals surface area contributed by atoms with Gasteiger partial charge in [0.05, 0.1) is 6.54 Å². The van der Waals surface area contributed by atoms with Gasteiger partial charge in [-0.2, -0.15) is 0 Å². The first-order valence-electron chi connectivity index (χ1n) is 8.06. The van der Waals surface area contributed by atoms with E-state index in [0.29, 0.717) is 24.6 Å². The van der Waals surface area contributed by atoms with E-state index in [4.69, 9.17) is 9.47 Å². The number of nitrogens with zero attached hydrogens (tertiary/aromatic N) is 1. The lowest BCUT2D eigenvalue weighted by Crippen LogP contribution is -2.39. The van der Waals surface area contributed by atoms with Gasteiger partial charge in [-0.05, 0) is 23.3 Å². The first-order chi connectivity index (χ1) is 12.1. The van der Waals surface area contributed by atoms with Crippen LogP contribution in [0.2, 0.25) is 0 Å². The van der Waals surface area contributed by atoms with Gasteiger partial charge in [-0.1, -0.05) is 36.4 Å².